The smallest absolute Gasteiger partial charge is 0.338 e. The molecule has 0 amide bonds. The van der Waals surface area contributed by atoms with E-state index < -0.39 is 0 Å². The van der Waals surface area contributed by atoms with Crippen LogP contribution < -0.4 is 0 Å². The van der Waals surface area contributed by atoms with E-state index in [1.807, 2.05) is 48.5 Å². The Kier molecular flexibility index (Phi) is 3.62. The molecule has 24 heavy (non-hydrogen) atoms. The van der Waals surface area contributed by atoms with Crippen LogP contribution in [-0.4, -0.2) is 13.1 Å². The lowest BCUT2D eigenvalue weighted by atomic mass is 9.98. The molecule has 0 atom stereocenters. The lowest BCUT2D eigenvalue weighted by Crippen LogP contribution is -2.03. The zero-order valence-corrected chi connectivity index (χ0v) is 14.5. The van der Waals surface area contributed by atoms with E-state index in [1.165, 1.54) is 7.11 Å². The number of carbonyl (C=O) groups excluding carboxylic acids is 1. The SMILES string of the molecule is COC(=O)c1cc(Br)ccc1-c1ccc2oc3ccccc3c2c1. The first kappa shape index (κ1) is 15.0. The summed E-state index contributed by atoms with van der Waals surface area (Å²) in [7, 11) is 1.39. The third kappa shape index (κ3) is 2.39. The molecule has 0 aliphatic heterocycles. The Morgan fingerprint density at radius 2 is 1.75 bits per heavy atom. The number of rotatable bonds is 2. The van der Waals surface area contributed by atoms with Crippen molar-refractivity contribution in [1.82, 2.24) is 0 Å². The highest BCUT2D eigenvalue weighted by atomic mass is 79.9. The summed E-state index contributed by atoms with van der Waals surface area (Å²) in [5.41, 5.74) is 3.99. The van der Waals surface area contributed by atoms with Crippen LogP contribution in [0.4, 0.5) is 0 Å². The number of ether oxygens (including phenoxy) is 1. The van der Waals surface area contributed by atoms with Gasteiger partial charge in [-0.2, -0.15) is 0 Å². The fourth-order valence-corrected chi connectivity index (χ4v) is 3.30. The Balaban J connectivity index is 1.97. The van der Waals surface area contributed by atoms with Gasteiger partial charge < -0.3 is 9.15 Å². The Bertz CT molecular complexity index is 1080. The van der Waals surface area contributed by atoms with E-state index in [0.717, 1.165) is 37.5 Å². The summed E-state index contributed by atoms with van der Waals surface area (Å²) in [6.45, 7) is 0. The molecular weight excluding hydrogens is 368 g/mol. The zero-order chi connectivity index (χ0) is 16.7. The Labute approximate surface area is 147 Å². The van der Waals surface area contributed by atoms with Gasteiger partial charge in [0.05, 0.1) is 12.7 Å². The minimum Gasteiger partial charge on any atom is -0.465 e. The Hall–Kier alpha value is -2.59. The van der Waals surface area contributed by atoms with Gasteiger partial charge in [0.25, 0.3) is 0 Å². The molecule has 3 aromatic carbocycles. The molecule has 0 bridgehead atoms. The Morgan fingerprint density at radius 1 is 0.958 bits per heavy atom. The van der Waals surface area contributed by atoms with Crippen LogP contribution in [0.2, 0.25) is 0 Å². The average Bonchev–Trinajstić information content (AvgIpc) is 2.99. The zero-order valence-electron chi connectivity index (χ0n) is 12.9. The number of esters is 1. The lowest BCUT2D eigenvalue weighted by Gasteiger charge is -2.09. The first-order chi connectivity index (χ1) is 11.7. The summed E-state index contributed by atoms with van der Waals surface area (Å²) in [6, 6.07) is 19.5. The fourth-order valence-electron chi connectivity index (χ4n) is 2.94. The molecule has 1 aromatic heterocycles. The normalized spacial score (nSPS) is 11.1. The monoisotopic (exact) mass is 380 g/mol. The first-order valence-electron chi connectivity index (χ1n) is 7.47. The number of hydrogen-bond acceptors (Lipinski definition) is 3. The minimum atomic E-state index is -0.358. The number of halogens is 1. The largest absolute Gasteiger partial charge is 0.465 e. The van der Waals surface area contributed by atoms with Crippen molar-refractivity contribution in [1.29, 1.82) is 0 Å². The van der Waals surface area contributed by atoms with E-state index in [9.17, 15) is 4.79 Å². The van der Waals surface area contributed by atoms with Crippen molar-refractivity contribution in [2.45, 2.75) is 0 Å². The quantitative estimate of drug-likeness (QED) is 0.412. The van der Waals surface area contributed by atoms with E-state index >= 15 is 0 Å². The molecule has 3 nitrogen and oxygen atoms in total. The number of fused-ring (bicyclic) bond motifs is 3. The van der Waals surface area contributed by atoms with Gasteiger partial charge >= 0.3 is 5.97 Å². The summed E-state index contributed by atoms with van der Waals surface area (Å²) in [4.78, 5) is 12.1. The van der Waals surface area contributed by atoms with Gasteiger partial charge in [-0.05, 0) is 41.5 Å². The maximum Gasteiger partial charge on any atom is 0.338 e. The fraction of sp³-hybridized carbons (Fsp3) is 0.0500. The van der Waals surface area contributed by atoms with Crippen molar-refractivity contribution in [2.24, 2.45) is 0 Å². The van der Waals surface area contributed by atoms with Gasteiger partial charge in [-0.25, -0.2) is 4.79 Å². The van der Waals surface area contributed by atoms with E-state index in [2.05, 4.69) is 22.0 Å². The number of para-hydroxylation sites is 1. The molecule has 0 fully saturated rings. The highest BCUT2D eigenvalue weighted by Gasteiger charge is 2.15. The van der Waals surface area contributed by atoms with Crippen LogP contribution in [0.25, 0.3) is 33.1 Å². The third-order valence-corrected chi connectivity index (χ3v) is 4.57. The van der Waals surface area contributed by atoms with Gasteiger partial charge in [-0.15, -0.1) is 0 Å². The van der Waals surface area contributed by atoms with Gasteiger partial charge in [0, 0.05) is 15.2 Å². The van der Waals surface area contributed by atoms with E-state index in [-0.39, 0.29) is 5.97 Å². The van der Waals surface area contributed by atoms with Crippen LogP contribution in [0.15, 0.2) is 69.6 Å². The second-order valence-electron chi connectivity index (χ2n) is 5.49. The maximum absolute atomic E-state index is 12.1. The molecule has 0 unspecified atom stereocenters. The van der Waals surface area contributed by atoms with Gasteiger partial charge in [-0.3, -0.25) is 0 Å². The third-order valence-electron chi connectivity index (χ3n) is 4.07. The summed E-state index contributed by atoms with van der Waals surface area (Å²) in [5, 5.41) is 2.09. The number of benzene rings is 3. The molecule has 0 radical (unpaired) electrons. The summed E-state index contributed by atoms with van der Waals surface area (Å²) >= 11 is 3.41. The molecule has 4 rings (SSSR count). The first-order valence-corrected chi connectivity index (χ1v) is 8.26. The van der Waals surface area contributed by atoms with Gasteiger partial charge in [0.1, 0.15) is 11.2 Å². The topological polar surface area (TPSA) is 39.4 Å². The van der Waals surface area contributed by atoms with Crippen LogP contribution in [0, 0.1) is 0 Å². The number of furan rings is 1. The van der Waals surface area contributed by atoms with Crippen molar-refractivity contribution >= 4 is 43.8 Å². The molecule has 0 saturated heterocycles. The highest BCUT2D eigenvalue weighted by Crippen LogP contribution is 2.34. The van der Waals surface area contributed by atoms with Crippen molar-refractivity contribution in [3.63, 3.8) is 0 Å². The molecule has 0 aliphatic rings. The minimum absolute atomic E-state index is 0.358. The number of hydrogen-bond donors (Lipinski definition) is 0. The lowest BCUT2D eigenvalue weighted by molar-refractivity contribution is 0.0601. The standard InChI is InChI=1S/C20H13BrO3/c1-23-20(22)17-11-13(21)7-8-14(17)12-6-9-19-16(10-12)15-4-2-3-5-18(15)24-19/h2-11H,1H3. The molecule has 0 N–H and O–H groups in total. The van der Waals surface area contributed by atoms with E-state index in [0.29, 0.717) is 5.56 Å². The average molecular weight is 381 g/mol. The second kappa shape index (κ2) is 5.80. The molecule has 1 heterocycles. The van der Waals surface area contributed by atoms with Gasteiger partial charge in [0.15, 0.2) is 0 Å². The molecule has 118 valence electrons. The molecule has 0 saturated carbocycles. The second-order valence-corrected chi connectivity index (χ2v) is 6.41. The predicted octanol–water partition coefficient (Wildman–Crippen LogP) is 5.80. The van der Waals surface area contributed by atoms with Gasteiger partial charge in [0.2, 0.25) is 0 Å². The molecule has 4 aromatic rings. The molecular formula is C20H13BrO3. The number of methoxy groups -OCH3 is 1. The van der Waals surface area contributed by atoms with E-state index in [1.54, 1.807) is 6.07 Å². The van der Waals surface area contributed by atoms with Crippen molar-refractivity contribution in [3.05, 3.63) is 70.7 Å². The molecule has 0 spiro atoms. The van der Waals surface area contributed by atoms with Crippen LogP contribution in [0.1, 0.15) is 10.4 Å². The summed E-state index contributed by atoms with van der Waals surface area (Å²) in [5.74, 6) is -0.358. The van der Waals surface area contributed by atoms with Crippen LogP contribution >= 0.6 is 15.9 Å². The summed E-state index contributed by atoms with van der Waals surface area (Å²) < 4.78 is 11.6. The van der Waals surface area contributed by atoms with Crippen molar-refractivity contribution in [2.75, 3.05) is 7.11 Å². The van der Waals surface area contributed by atoms with Crippen molar-refractivity contribution < 1.29 is 13.9 Å². The van der Waals surface area contributed by atoms with E-state index in [4.69, 9.17) is 9.15 Å². The van der Waals surface area contributed by atoms with Crippen LogP contribution in [0.5, 0.6) is 0 Å². The molecule has 4 heteroatoms. The van der Waals surface area contributed by atoms with Crippen LogP contribution in [0.3, 0.4) is 0 Å². The summed E-state index contributed by atoms with van der Waals surface area (Å²) in [6.07, 6.45) is 0. The van der Waals surface area contributed by atoms with Crippen molar-refractivity contribution in [3.8, 4) is 11.1 Å². The highest BCUT2D eigenvalue weighted by molar-refractivity contribution is 9.10. The Morgan fingerprint density at radius 3 is 2.58 bits per heavy atom. The number of carbonyl (C=O) groups is 1. The maximum atomic E-state index is 12.1. The predicted molar refractivity (Wildman–Crippen MR) is 98.2 cm³/mol. The van der Waals surface area contributed by atoms with Crippen LogP contribution in [-0.2, 0) is 4.74 Å². The van der Waals surface area contributed by atoms with Gasteiger partial charge in [-0.1, -0.05) is 46.3 Å². The molecule has 0 aliphatic carbocycles.